The van der Waals surface area contributed by atoms with Gasteiger partial charge in [-0.05, 0) is 50.7 Å². The molecule has 1 aliphatic heterocycles. The summed E-state index contributed by atoms with van der Waals surface area (Å²) in [6.45, 7) is 6.87. The zero-order valence-corrected chi connectivity index (χ0v) is 17.0. The first-order valence-electron chi connectivity index (χ1n) is 9.32. The molecule has 5 nitrogen and oxygen atoms in total. The summed E-state index contributed by atoms with van der Waals surface area (Å²) >= 11 is 5.54. The number of thiocarbonyl (C=S) groups is 1. The fourth-order valence-electron chi connectivity index (χ4n) is 3.43. The number of hydrogen-bond donors (Lipinski definition) is 2. The molecule has 0 saturated carbocycles. The van der Waals surface area contributed by atoms with Crippen molar-refractivity contribution in [2.24, 2.45) is 0 Å². The molecule has 2 N–H and O–H groups in total. The summed E-state index contributed by atoms with van der Waals surface area (Å²) in [5, 5.41) is 13.9. The lowest BCUT2D eigenvalue weighted by molar-refractivity contribution is 0.102. The van der Waals surface area contributed by atoms with E-state index in [1.54, 1.807) is 18.2 Å². The van der Waals surface area contributed by atoms with E-state index in [0.717, 1.165) is 11.3 Å². The third-order valence-electron chi connectivity index (χ3n) is 4.81. The number of ketones is 1. The van der Waals surface area contributed by atoms with E-state index < -0.39 is 6.04 Å². The van der Waals surface area contributed by atoms with Crippen molar-refractivity contribution >= 4 is 23.1 Å². The molecule has 6 heteroatoms. The molecule has 1 unspecified atom stereocenters. The number of Topliss-reactive ketones (excluding diaryl/α,β-unsaturated/α-hetero) is 1. The number of phenolic OH excluding ortho intramolecular Hbond substituents is 1. The number of nitrogens with zero attached hydrogens (tertiary/aromatic N) is 1. The van der Waals surface area contributed by atoms with Crippen molar-refractivity contribution in [2.75, 3.05) is 13.2 Å². The van der Waals surface area contributed by atoms with Crippen LogP contribution in [0.3, 0.4) is 0 Å². The van der Waals surface area contributed by atoms with Gasteiger partial charge in [0.05, 0.1) is 12.6 Å². The van der Waals surface area contributed by atoms with Crippen molar-refractivity contribution in [1.29, 1.82) is 0 Å². The normalized spacial score (nSPS) is 16.8. The largest absolute Gasteiger partial charge is 0.504 e. The monoisotopic (exact) mass is 396 g/mol. The van der Waals surface area contributed by atoms with Crippen LogP contribution < -0.4 is 10.1 Å². The Kier molecular flexibility index (Phi) is 5.99. The van der Waals surface area contributed by atoms with E-state index in [1.807, 2.05) is 56.0 Å². The molecule has 0 spiro atoms. The Morgan fingerprint density at radius 2 is 1.93 bits per heavy atom. The lowest BCUT2D eigenvalue weighted by Crippen LogP contribution is -2.47. The zero-order chi connectivity index (χ0) is 20.3. The van der Waals surface area contributed by atoms with E-state index in [2.05, 4.69) is 5.32 Å². The predicted octanol–water partition coefficient (Wildman–Crippen LogP) is 4.20. The molecule has 1 atom stereocenters. The standard InChI is InChI=1S/C22H24N2O3S/c1-4-24-14(3)19(21(26)15-9-7-6-8-10-15)20(23-22(24)28)16-11-12-17(25)18(13-16)27-5-2/h6-13,20,25H,4-5H2,1-3H3,(H,23,28). The van der Waals surface area contributed by atoms with Gasteiger partial charge in [0.2, 0.25) is 0 Å². The number of rotatable bonds is 6. The summed E-state index contributed by atoms with van der Waals surface area (Å²) in [7, 11) is 0. The minimum Gasteiger partial charge on any atom is -0.504 e. The molecule has 0 fully saturated rings. The summed E-state index contributed by atoms with van der Waals surface area (Å²) in [6.07, 6.45) is 0. The van der Waals surface area contributed by atoms with E-state index >= 15 is 0 Å². The second-order valence-corrected chi connectivity index (χ2v) is 6.87. The van der Waals surface area contributed by atoms with Gasteiger partial charge in [-0.25, -0.2) is 0 Å². The summed E-state index contributed by atoms with van der Waals surface area (Å²) in [5.74, 6) is 0.396. The Morgan fingerprint density at radius 3 is 2.57 bits per heavy atom. The molecule has 2 aromatic carbocycles. The molecule has 1 aliphatic rings. The SMILES string of the molecule is CCOc1cc(C2NC(=S)N(CC)C(C)=C2C(=O)c2ccccc2)ccc1O. The first kappa shape index (κ1) is 19.9. The molecular weight excluding hydrogens is 372 g/mol. The van der Waals surface area contributed by atoms with E-state index in [0.29, 0.717) is 35.2 Å². The van der Waals surface area contributed by atoms with Crippen LogP contribution >= 0.6 is 12.2 Å². The van der Waals surface area contributed by atoms with Crippen LogP contribution in [0.15, 0.2) is 59.8 Å². The molecule has 2 aromatic rings. The highest BCUT2D eigenvalue weighted by Crippen LogP contribution is 2.36. The first-order chi connectivity index (χ1) is 13.5. The summed E-state index contributed by atoms with van der Waals surface area (Å²) < 4.78 is 5.52. The Hall–Kier alpha value is -2.86. The molecule has 1 heterocycles. The number of phenols is 1. The molecule has 3 rings (SSSR count). The maximum absolute atomic E-state index is 13.4. The van der Waals surface area contributed by atoms with Gasteiger partial charge in [-0.2, -0.15) is 0 Å². The number of allylic oxidation sites excluding steroid dienone is 1. The van der Waals surface area contributed by atoms with Crippen LogP contribution in [0.2, 0.25) is 0 Å². The zero-order valence-electron chi connectivity index (χ0n) is 16.2. The van der Waals surface area contributed by atoms with Gasteiger partial charge in [0.15, 0.2) is 22.4 Å². The van der Waals surface area contributed by atoms with Gasteiger partial charge in [-0.15, -0.1) is 0 Å². The van der Waals surface area contributed by atoms with Crippen molar-refractivity contribution in [2.45, 2.75) is 26.8 Å². The molecule has 0 radical (unpaired) electrons. The fourth-order valence-corrected chi connectivity index (χ4v) is 3.82. The number of ether oxygens (including phenoxy) is 1. The van der Waals surface area contributed by atoms with Crippen molar-refractivity contribution in [3.05, 3.63) is 70.9 Å². The highest BCUT2D eigenvalue weighted by Gasteiger charge is 2.34. The molecular formula is C22H24N2O3S. The Bertz CT molecular complexity index is 925. The number of carbonyl (C=O) groups excluding carboxylic acids is 1. The number of benzene rings is 2. The maximum Gasteiger partial charge on any atom is 0.193 e. The molecule has 0 amide bonds. The van der Waals surface area contributed by atoms with Gasteiger partial charge in [0, 0.05) is 23.4 Å². The molecule has 0 aliphatic carbocycles. The second kappa shape index (κ2) is 8.44. The van der Waals surface area contributed by atoms with Crippen molar-refractivity contribution < 1.29 is 14.6 Å². The Labute approximate surface area is 170 Å². The van der Waals surface area contributed by atoms with Crippen molar-refractivity contribution in [3.8, 4) is 11.5 Å². The molecule has 0 saturated heterocycles. The minimum absolute atomic E-state index is 0.0532. The van der Waals surface area contributed by atoms with Gasteiger partial charge in [-0.1, -0.05) is 36.4 Å². The summed E-state index contributed by atoms with van der Waals surface area (Å²) in [6, 6.07) is 13.9. The Morgan fingerprint density at radius 1 is 1.21 bits per heavy atom. The van der Waals surface area contributed by atoms with E-state index in [-0.39, 0.29) is 11.5 Å². The number of carbonyl (C=O) groups is 1. The van der Waals surface area contributed by atoms with Crippen LogP contribution in [-0.2, 0) is 0 Å². The highest BCUT2D eigenvalue weighted by atomic mass is 32.1. The molecule has 0 bridgehead atoms. The van der Waals surface area contributed by atoms with Crippen LogP contribution in [0.4, 0.5) is 0 Å². The first-order valence-corrected chi connectivity index (χ1v) is 9.73. The molecule has 28 heavy (non-hydrogen) atoms. The van der Waals surface area contributed by atoms with Crippen LogP contribution in [0.25, 0.3) is 0 Å². The lowest BCUT2D eigenvalue weighted by Gasteiger charge is -2.37. The number of hydrogen-bond acceptors (Lipinski definition) is 4. The van der Waals surface area contributed by atoms with Gasteiger partial charge < -0.3 is 20.1 Å². The maximum atomic E-state index is 13.4. The van der Waals surface area contributed by atoms with Crippen LogP contribution in [0.5, 0.6) is 11.5 Å². The second-order valence-electron chi connectivity index (χ2n) is 6.48. The van der Waals surface area contributed by atoms with Gasteiger partial charge in [-0.3, -0.25) is 4.79 Å². The van der Waals surface area contributed by atoms with Gasteiger partial charge in [0.25, 0.3) is 0 Å². The third-order valence-corrected chi connectivity index (χ3v) is 5.15. The predicted molar refractivity (Wildman–Crippen MR) is 114 cm³/mol. The van der Waals surface area contributed by atoms with Crippen LogP contribution in [-0.4, -0.2) is 34.1 Å². The van der Waals surface area contributed by atoms with Gasteiger partial charge in [0.1, 0.15) is 0 Å². The highest BCUT2D eigenvalue weighted by molar-refractivity contribution is 7.80. The minimum atomic E-state index is -0.428. The quantitative estimate of drug-likeness (QED) is 0.564. The van der Waals surface area contributed by atoms with Crippen LogP contribution in [0.1, 0.15) is 42.7 Å². The molecule has 146 valence electrons. The van der Waals surface area contributed by atoms with E-state index in [4.69, 9.17) is 17.0 Å². The lowest BCUT2D eigenvalue weighted by atomic mass is 9.89. The average molecular weight is 397 g/mol. The van der Waals surface area contributed by atoms with E-state index in [9.17, 15) is 9.90 Å². The van der Waals surface area contributed by atoms with E-state index in [1.165, 1.54) is 0 Å². The molecule has 0 aromatic heterocycles. The van der Waals surface area contributed by atoms with Crippen molar-refractivity contribution in [1.82, 2.24) is 10.2 Å². The average Bonchev–Trinajstić information content (AvgIpc) is 2.70. The smallest absolute Gasteiger partial charge is 0.193 e. The number of aromatic hydroxyl groups is 1. The van der Waals surface area contributed by atoms with Gasteiger partial charge >= 0.3 is 0 Å². The summed E-state index contributed by atoms with van der Waals surface area (Å²) in [4.78, 5) is 15.3. The van der Waals surface area contributed by atoms with Crippen LogP contribution in [0, 0.1) is 0 Å². The topological polar surface area (TPSA) is 61.8 Å². The third kappa shape index (κ3) is 3.73. The van der Waals surface area contributed by atoms with Crippen molar-refractivity contribution in [3.63, 3.8) is 0 Å². The number of nitrogens with one attached hydrogen (secondary N) is 1. The Balaban J connectivity index is 2.13. The fraction of sp³-hybridized carbons (Fsp3) is 0.273. The summed E-state index contributed by atoms with van der Waals surface area (Å²) in [5.41, 5.74) is 2.89.